The molecule has 0 saturated carbocycles. The van der Waals surface area contributed by atoms with Gasteiger partial charge < -0.3 is 4.74 Å². The molecule has 50 valence electrons. The number of allylic oxidation sites excluding steroid dienone is 1. The molecule has 9 heavy (non-hydrogen) atoms. The minimum Gasteiger partial charge on any atom is -0.372 e. The second-order valence-electron chi connectivity index (χ2n) is 2.57. The van der Waals surface area contributed by atoms with E-state index in [1.807, 2.05) is 0 Å². The Kier molecular flexibility index (Phi) is 1.72. The quantitative estimate of drug-likeness (QED) is 0.479. The van der Waals surface area contributed by atoms with Gasteiger partial charge in [-0.3, -0.25) is 0 Å². The smallest absolute Gasteiger partial charge is 0.0724 e. The standard InChI is InChI=1S/C8H12O/c1-6(2)8-5-9-4-7(8)3/h3-5H2,1-2H3. The van der Waals surface area contributed by atoms with Gasteiger partial charge in [-0.2, -0.15) is 0 Å². The van der Waals surface area contributed by atoms with Gasteiger partial charge in [-0.05, 0) is 25.0 Å². The maximum Gasteiger partial charge on any atom is 0.0724 e. The second-order valence-corrected chi connectivity index (χ2v) is 2.57. The van der Waals surface area contributed by atoms with Crippen molar-refractivity contribution in [3.63, 3.8) is 0 Å². The normalized spacial score (nSPS) is 18.9. The molecule has 1 saturated heterocycles. The number of ether oxygens (including phenoxy) is 1. The average molecular weight is 124 g/mol. The predicted octanol–water partition coefficient (Wildman–Crippen LogP) is 1.91. The maximum absolute atomic E-state index is 5.17. The summed E-state index contributed by atoms with van der Waals surface area (Å²) in [6.45, 7) is 9.55. The van der Waals surface area contributed by atoms with Crippen molar-refractivity contribution in [1.82, 2.24) is 0 Å². The Morgan fingerprint density at radius 1 is 1.44 bits per heavy atom. The largest absolute Gasteiger partial charge is 0.372 e. The van der Waals surface area contributed by atoms with Crippen molar-refractivity contribution < 1.29 is 4.74 Å². The average Bonchev–Trinajstić information content (AvgIpc) is 2.13. The lowest BCUT2D eigenvalue weighted by Crippen LogP contribution is -1.85. The molecule has 1 rings (SSSR count). The third-order valence-electron chi connectivity index (χ3n) is 1.55. The third-order valence-corrected chi connectivity index (χ3v) is 1.55. The fourth-order valence-electron chi connectivity index (χ4n) is 0.963. The lowest BCUT2D eigenvalue weighted by atomic mass is 10.1. The molecule has 0 amide bonds. The molecule has 0 bridgehead atoms. The molecule has 1 heterocycles. The first-order chi connectivity index (χ1) is 4.22. The van der Waals surface area contributed by atoms with E-state index >= 15 is 0 Å². The van der Waals surface area contributed by atoms with E-state index in [0.717, 1.165) is 18.8 Å². The highest BCUT2D eigenvalue weighted by atomic mass is 16.5. The topological polar surface area (TPSA) is 9.23 Å². The molecule has 1 heteroatoms. The zero-order valence-electron chi connectivity index (χ0n) is 6.03. The van der Waals surface area contributed by atoms with E-state index in [2.05, 4.69) is 20.4 Å². The van der Waals surface area contributed by atoms with E-state index < -0.39 is 0 Å². The van der Waals surface area contributed by atoms with Crippen LogP contribution < -0.4 is 0 Å². The van der Waals surface area contributed by atoms with Gasteiger partial charge in [0.1, 0.15) is 0 Å². The van der Waals surface area contributed by atoms with E-state index in [9.17, 15) is 0 Å². The van der Waals surface area contributed by atoms with Gasteiger partial charge >= 0.3 is 0 Å². The molecule has 0 aromatic heterocycles. The molecule has 0 radical (unpaired) electrons. The van der Waals surface area contributed by atoms with Gasteiger partial charge in [0.15, 0.2) is 0 Å². The molecule has 1 nitrogen and oxygen atoms in total. The van der Waals surface area contributed by atoms with Crippen LogP contribution in [0.25, 0.3) is 0 Å². The van der Waals surface area contributed by atoms with Gasteiger partial charge in [-0.15, -0.1) is 0 Å². The molecular formula is C8H12O. The molecule has 0 atom stereocenters. The Hall–Kier alpha value is -0.560. The third kappa shape index (κ3) is 1.22. The van der Waals surface area contributed by atoms with Crippen LogP contribution in [0.5, 0.6) is 0 Å². The lowest BCUT2D eigenvalue weighted by molar-refractivity contribution is 0.214. The Bertz CT molecular complexity index is 161. The highest BCUT2D eigenvalue weighted by Gasteiger charge is 2.11. The van der Waals surface area contributed by atoms with Crippen LogP contribution in [-0.2, 0) is 4.74 Å². The summed E-state index contributed by atoms with van der Waals surface area (Å²) in [4.78, 5) is 0. The first-order valence-corrected chi connectivity index (χ1v) is 3.14. The summed E-state index contributed by atoms with van der Waals surface area (Å²) >= 11 is 0. The Morgan fingerprint density at radius 3 is 2.33 bits per heavy atom. The summed E-state index contributed by atoms with van der Waals surface area (Å²) in [6, 6.07) is 0. The first-order valence-electron chi connectivity index (χ1n) is 3.14. The molecule has 0 aromatic carbocycles. The number of hydrogen-bond acceptors (Lipinski definition) is 1. The van der Waals surface area contributed by atoms with Crippen molar-refractivity contribution >= 4 is 0 Å². The highest BCUT2D eigenvalue weighted by molar-refractivity contribution is 5.35. The number of hydrogen-bond donors (Lipinski definition) is 0. The Balaban J connectivity index is 2.83. The van der Waals surface area contributed by atoms with Crippen molar-refractivity contribution in [1.29, 1.82) is 0 Å². The van der Waals surface area contributed by atoms with Crippen LogP contribution in [0.2, 0.25) is 0 Å². The molecular weight excluding hydrogens is 112 g/mol. The van der Waals surface area contributed by atoms with Crippen molar-refractivity contribution in [2.24, 2.45) is 0 Å². The molecule has 0 aromatic rings. The summed E-state index contributed by atoms with van der Waals surface area (Å²) in [5.41, 5.74) is 3.78. The minimum absolute atomic E-state index is 0.723. The van der Waals surface area contributed by atoms with Crippen molar-refractivity contribution in [3.8, 4) is 0 Å². The van der Waals surface area contributed by atoms with Crippen LogP contribution >= 0.6 is 0 Å². The van der Waals surface area contributed by atoms with Crippen molar-refractivity contribution in [2.75, 3.05) is 13.2 Å². The van der Waals surface area contributed by atoms with E-state index in [0.29, 0.717) is 0 Å². The summed E-state index contributed by atoms with van der Waals surface area (Å²) < 4.78 is 5.17. The van der Waals surface area contributed by atoms with Gasteiger partial charge in [0.25, 0.3) is 0 Å². The van der Waals surface area contributed by atoms with E-state index in [1.54, 1.807) is 0 Å². The molecule has 0 spiro atoms. The minimum atomic E-state index is 0.723. The van der Waals surface area contributed by atoms with Crippen LogP contribution in [0.15, 0.2) is 23.3 Å². The first kappa shape index (κ1) is 6.56. The molecule has 1 aliphatic heterocycles. The fourth-order valence-corrected chi connectivity index (χ4v) is 0.963. The molecule has 1 aliphatic rings. The highest BCUT2D eigenvalue weighted by Crippen LogP contribution is 2.19. The maximum atomic E-state index is 5.17. The van der Waals surface area contributed by atoms with Gasteiger partial charge in [0.2, 0.25) is 0 Å². The van der Waals surface area contributed by atoms with Crippen molar-refractivity contribution in [2.45, 2.75) is 13.8 Å². The Morgan fingerprint density at radius 2 is 2.11 bits per heavy atom. The second kappa shape index (κ2) is 2.36. The summed E-state index contributed by atoms with van der Waals surface area (Å²) in [5.74, 6) is 0. The van der Waals surface area contributed by atoms with Gasteiger partial charge in [0, 0.05) is 0 Å². The molecule has 0 aliphatic carbocycles. The van der Waals surface area contributed by atoms with Gasteiger partial charge in [-0.1, -0.05) is 12.2 Å². The van der Waals surface area contributed by atoms with Crippen LogP contribution in [0.3, 0.4) is 0 Å². The zero-order valence-corrected chi connectivity index (χ0v) is 6.03. The number of rotatable bonds is 0. The Labute approximate surface area is 56.0 Å². The fraction of sp³-hybridized carbons (Fsp3) is 0.500. The monoisotopic (exact) mass is 124 g/mol. The molecule has 0 unspecified atom stereocenters. The SMILES string of the molecule is C=C1COCC1=C(C)C. The van der Waals surface area contributed by atoms with Crippen LogP contribution in [-0.4, -0.2) is 13.2 Å². The van der Waals surface area contributed by atoms with Crippen molar-refractivity contribution in [3.05, 3.63) is 23.3 Å². The molecule has 0 N–H and O–H groups in total. The van der Waals surface area contributed by atoms with E-state index in [-0.39, 0.29) is 0 Å². The summed E-state index contributed by atoms with van der Waals surface area (Å²) in [7, 11) is 0. The predicted molar refractivity (Wildman–Crippen MR) is 38.3 cm³/mol. The molecule has 1 fully saturated rings. The van der Waals surface area contributed by atoms with Crippen LogP contribution in [0, 0.1) is 0 Å². The van der Waals surface area contributed by atoms with Crippen LogP contribution in [0.4, 0.5) is 0 Å². The van der Waals surface area contributed by atoms with Crippen LogP contribution in [0.1, 0.15) is 13.8 Å². The summed E-state index contributed by atoms with van der Waals surface area (Å²) in [5, 5.41) is 0. The zero-order chi connectivity index (χ0) is 6.85. The lowest BCUT2D eigenvalue weighted by Gasteiger charge is -1.96. The van der Waals surface area contributed by atoms with E-state index in [1.165, 1.54) is 11.1 Å². The van der Waals surface area contributed by atoms with Gasteiger partial charge in [0.05, 0.1) is 13.2 Å². The summed E-state index contributed by atoms with van der Waals surface area (Å²) in [6.07, 6.45) is 0. The van der Waals surface area contributed by atoms with Gasteiger partial charge in [-0.25, -0.2) is 0 Å². The van der Waals surface area contributed by atoms with E-state index in [4.69, 9.17) is 4.74 Å².